The van der Waals surface area contributed by atoms with Crippen molar-refractivity contribution in [3.63, 3.8) is 0 Å². The van der Waals surface area contributed by atoms with Crippen molar-refractivity contribution in [3.05, 3.63) is 23.8 Å². The number of hydrogen-bond donors (Lipinski definition) is 1. The maximum atomic E-state index is 5.51. The Morgan fingerprint density at radius 3 is 3.18 bits per heavy atom. The fraction of sp³-hybridized carbons (Fsp3) is 0.692. The molecule has 1 aliphatic rings. The van der Waals surface area contributed by atoms with E-state index in [0.29, 0.717) is 12.5 Å². The highest BCUT2D eigenvalue weighted by molar-refractivity contribution is 5.10. The van der Waals surface area contributed by atoms with Crippen LogP contribution in [0.15, 0.2) is 12.3 Å². The average molecular weight is 234 g/mol. The van der Waals surface area contributed by atoms with Crippen LogP contribution in [0.5, 0.6) is 0 Å². The van der Waals surface area contributed by atoms with Gasteiger partial charge in [0.1, 0.15) is 5.82 Å². The predicted octanol–water partition coefficient (Wildman–Crippen LogP) is 1.18. The summed E-state index contributed by atoms with van der Waals surface area (Å²) >= 11 is 0. The maximum Gasteiger partial charge on any atom is 0.128 e. The van der Waals surface area contributed by atoms with Gasteiger partial charge in [-0.15, -0.1) is 0 Å². The lowest BCUT2D eigenvalue weighted by Gasteiger charge is -2.29. The standard InChI is InChI=1S/C13H22N4/c1-17-9-3-4-11(10-17)12-6-8-15-13(16-12)5-2-7-14/h6,8,11H,2-5,7,9-10,14H2,1H3. The van der Waals surface area contributed by atoms with E-state index in [-0.39, 0.29) is 0 Å². The third-order valence-corrected chi connectivity index (χ3v) is 3.37. The van der Waals surface area contributed by atoms with Crippen molar-refractivity contribution in [1.29, 1.82) is 0 Å². The summed E-state index contributed by atoms with van der Waals surface area (Å²) in [6.45, 7) is 3.04. The van der Waals surface area contributed by atoms with Gasteiger partial charge in [0.05, 0.1) is 0 Å². The summed E-state index contributed by atoms with van der Waals surface area (Å²) < 4.78 is 0. The Labute approximate surface area is 103 Å². The van der Waals surface area contributed by atoms with E-state index in [2.05, 4.69) is 28.0 Å². The van der Waals surface area contributed by atoms with Gasteiger partial charge in [0, 0.05) is 30.8 Å². The minimum Gasteiger partial charge on any atom is -0.330 e. The summed E-state index contributed by atoms with van der Waals surface area (Å²) in [6.07, 6.45) is 6.27. The molecule has 4 nitrogen and oxygen atoms in total. The zero-order chi connectivity index (χ0) is 12.1. The van der Waals surface area contributed by atoms with Crippen molar-refractivity contribution < 1.29 is 0 Å². The molecular formula is C13H22N4. The molecule has 0 aromatic carbocycles. The molecule has 0 spiro atoms. The molecule has 1 atom stereocenters. The fourth-order valence-electron chi connectivity index (χ4n) is 2.43. The van der Waals surface area contributed by atoms with Crippen LogP contribution >= 0.6 is 0 Å². The molecule has 1 aromatic heterocycles. The number of rotatable bonds is 4. The Bertz CT molecular complexity index is 353. The topological polar surface area (TPSA) is 55.0 Å². The van der Waals surface area contributed by atoms with Crippen LogP contribution in [0.3, 0.4) is 0 Å². The van der Waals surface area contributed by atoms with E-state index >= 15 is 0 Å². The lowest BCUT2D eigenvalue weighted by Crippen LogP contribution is -2.31. The van der Waals surface area contributed by atoms with Gasteiger partial charge in [0.25, 0.3) is 0 Å². The van der Waals surface area contributed by atoms with Crippen LogP contribution in [0.25, 0.3) is 0 Å². The third-order valence-electron chi connectivity index (χ3n) is 3.37. The second kappa shape index (κ2) is 6.07. The molecule has 1 saturated heterocycles. The molecule has 1 unspecified atom stereocenters. The molecule has 1 aromatic rings. The second-order valence-electron chi connectivity index (χ2n) is 4.89. The van der Waals surface area contributed by atoms with Crippen molar-refractivity contribution in [2.24, 2.45) is 5.73 Å². The monoisotopic (exact) mass is 234 g/mol. The molecule has 4 heteroatoms. The number of hydrogen-bond acceptors (Lipinski definition) is 4. The van der Waals surface area contributed by atoms with Gasteiger partial charge >= 0.3 is 0 Å². The summed E-state index contributed by atoms with van der Waals surface area (Å²) in [6, 6.07) is 2.07. The first-order valence-electron chi connectivity index (χ1n) is 6.50. The summed E-state index contributed by atoms with van der Waals surface area (Å²) in [5.41, 5.74) is 6.72. The molecule has 2 rings (SSSR count). The van der Waals surface area contributed by atoms with Crippen LogP contribution in [0.4, 0.5) is 0 Å². The number of piperidine rings is 1. The zero-order valence-corrected chi connectivity index (χ0v) is 10.6. The zero-order valence-electron chi connectivity index (χ0n) is 10.6. The van der Waals surface area contributed by atoms with Gasteiger partial charge in [-0.05, 0) is 45.5 Å². The SMILES string of the molecule is CN1CCCC(c2ccnc(CCCN)n2)C1. The molecule has 1 aliphatic heterocycles. The van der Waals surface area contributed by atoms with Crippen molar-refractivity contribution in [1.82, 2.24) is 14.9 Å². The molecular weight excluding hydrogens is 212 g/mol. The molecule has 0 radical (unpaired) electrons. The Hall–Kier alpha value is -1.00. The molecule has 17 heavy (non-hydrogen) atoms. The van der Waals surface area contributed by atoms with Gasteiger partial charge in [0.15, 0.2) is 0 Å². The van der Waals surface area contributed by atoms with Gasteiger partial charge in [-0.2, -0.15) is 0 Å². The predicted molar refractivity (Wildman–Crippen MR) is 68.9 cm³/mol. The highest BCUT2D eigenvalue weighted by Crippen LogP contribution is 2.24. The molecule has 94 valence electrons. The van der Waals surface area contributed by atoms with E-state index in [0.717, 1.165) is 25.2 Å². The van der Waals surface area contributed by atoms with E-state index in [9.17, 15) is 0 Å². The van der Waals surface area contributed by atoms with Crippen LogP contribution in [-0.4, -0.2) is 41.5 Å². The molecule has 0 saturated carbocycles. The average Bonchev–Trinajstić information content (AvgIpc) is 2.37. The van der Waals surface area contributed by atoms with Crippen molar-refractivity contribution >= 4 is 0 Å². The highest BCUT2D eigenvalue weighted by Gasteiger charge is 2.20. The van der Waals surface area contributed by atoms with E-state index in [1.54, 1.807) is 0 Å². The van der Waals surface area contributed by atoms with Gasteiger partial charge in [-0.3, -0.25) is 0 Å². The quantitative estimate of drug-likeness (QED) is 0.850. The van der Waals surface area contributed by atoms with E-state index < -0.39 is 0 Å². The Morgan fingerprint density at radius 2 is 2.41 bits per heavy atom. The number of nitrogens with two attached hydrogens (primary N) is 1. The van der Waals surface area contributed by atoms with Crippen LogP contribution in [-0.2, 0) is 6.42 Å². The summed E-state index contributed by atoms with van der Waals surface area (Å²) in [7, 11) is 2.18. The summed E-state index contributed by atoms with van der Waals surface area (Å²) in [5, 5.41) is 0. The van der Waals surface area contributed by atoms with Gasteiger partial charge in [0.2, 0.25) is 0 Å². The number of likely N-dealkylation sites (N-methyl/N-ethyl adjacent to an activating group) is 1. The summed E-state index contributed by atoms with van der Waals surface area (Å²) in [4.78, 5) is 11.4. The smallest absolute Gasteiger partial charge is 0.128 e. The summed E-state index contributed by atoms with van der Waals surface area (Å²) in [5.74, 6) is 1.52. The first-order chi connectivity index (χ1) is 8.29. The van der Waals surface area contributed by atoms with Gasteiger partial charge in [-0.1, -0.05) is 0 Å². The van der Waals surface area contributed by atoms with E-state index in [1.165, 1.54) is 25.1 Å². The first-order valence-corrected chi connectivity index (χ1v) is 6.50. The molecule has 0 aliphatic carbocycles. The maximum absolute atomic E-state index is 5.51. The highest BCUT2D eigenvalue weighted by atomic mass is 15.1. The minimum atomic E-state index is 0.577. The van der Waals surface area contributed by atoms with E-state index in [4.69, 9.17) is 5.73 Å². The first kappa shape index (κ1) is 12.5. The van der Waals surface area contributed by atoms with Crippen molar-refractivity contribution in [3.8, 4) is 0 Å². The van der Waals surface area contributed by atoms with Gasteiger partial charge < -0.3 is 10.6 Å². The third kappa shape index (κ3) is 3.48. The Balaban J connectivity index is 2.04. The Kier molecular flexibility index (Phi) is 4.45. The normalized spacial score (nSPS) is 21.6. The van der Waals surface area contributed by atoms with Crippen molar-refractivity contribution in [2.45, 2.75) is 31.6 Å². The van der Waals surface area contributed by atoms with E-state index in [1.807, 2.05) is 6.20 Å². The minimum absolute atomic E-state index is 0.577. The van der Waals surface area contributed by atoms with Crippen LogP contribution in [0, 0.1) is 0 Å². The molecule has 2 N–H and O–H groups in total. The fourth-order valence-corrected chi connectivity index (χ4v) is 2.43. The number of nitrogens with zero attached hydrogens (tertiary/aromatic N) is 3. The van der Waals surface area contributed by atoms with Gasteiger partial charge in [-0.25, -0.2) is 9.97 Å². The molecule has 2 heterocycles. The lowest BCUT2D eigenvalue weighted by atomic mass is 9.95. The second-order valence-corrected chi connectivity index (χ2v) is 4.89. The van der Waals surface area contributed by atoms with Crippen LogP contribution < -0.4 is 5.73 Å². The number of aromatic nitrogens is 2. The number of aryl methyl sites for hydroxylation is 1. The molecule has 0 bridgehead atoms. The van der Waals surface area contributed by atoms with Crippen LogP contribution in [0.2, 0.25) is 0 Å². The Morgan fingerprint density at radius 1 is 1.53 bits per heavy atom. The lowest BCUT2D eigenvalue weighted by molar-refractivity contribution is 0.248. The largest absolute Gasteiger partial charge is 0.330 e. The van der Waals surface area contributed by atoms with Crippen LogP contribution in [0.1, 0.15) is 36.7 Å². The number of likely N-dealkylation sites (tertiary alicyclic amines) is 1. The van der Waals surface area contributed by atoms with Crippen molar-refractivity contribution in [2.75, 3.05) is 26.7 Å². The molecule has 1 fully saturated rings. The molecule has 0 amide bonds.